The van der Waals surface area contributed by atoms with Crippen molar-refractivity contribution in [2.45, 2.75) is 37.6 Å². The number of carbonyl (C=O) groups excluding carboxylic acids is 1. The Bertz CT molecular complexity index is 1270. The molecule has 1 N–H and O–H groups in total. The summed E-state index contributed by atoms with van der Waals surface area (Å²) in [6, 6.07) is 13.6. The summed E-state index contributed by atoms with van der Waals surface area (Å²) in [5, 5.41) is 11.1. The van der Waals surface area contributed by atoms with E-state index in [2.05, 4.69) is 36.5 Å². The summed E-state index contributed by atoms with van der Waals surface area (Å²) in [5.41, 5.74) is 4.02. The van der Waals surface area contributed by atoms with Gasteiger partial charge in [0, 0.05) is 35.6 Å². The van der Waals surface area contributed by atoms with Crippen molar-refractivity contribution < 1.29 is 4.79 Å². The van der Waals surface area contributed by atoms with Gasteiger partial charge >= 0.3 is 0 Å². The Hall–Kier alpha value is -3.94. The van der Waals surface area contributed by atoms with Crippen LogP contribution in [0.25, 0.3) is 22.8 Å². The third kappa shape index (κ3) is 3.75. The Morgan fingerprint density at radius 2 is 1.84 bits per heavy atom. The van der Waals surface area contributed by atoms with Gasteiger partial charge in [-0.05, 0) is 62.1 Å². The highest BCUT2D eigenvalue weighted by Crippen LogP contribution is 2.39. The van der Waals surface area contributed by atoms with Gasteiger partial charge in [-0.15, -0.1) is 10.2 Å². The maximum atomic E-state index is 12.7. The fraction of sp³-hybridized carbons (Fsp3) is 0.250. The zero-order valence-electron chi connectivity index (χ0n) is 17.3. The SMILES string of the molecule is O=C(Nc1cccc(-c2nncn2C2CC2)n1)c1ccc(-c2ccc(C3CC3)nc2)nc1. The molecule has 0 aliphatic heterocycles. The van der Waals surface area contributed by atoms with E-state index >= 15 is 0 Å². The van der Waals surface area contributed by atoms with Crippen LogP contribution in [0.1, 0.15) is 53.7 Å². The minimum atomic E-state index is -0.264. The quantitative estimate of drug-likeness (QED) is 0.497. The topological polar surface area (TPSA) is 98.5 Å². The van der Waals surface area contributed by atoms with E-state index in [0.29, 0.717) is 29.0 Å². The number of anilines is 1. The molecule has 4 aromatic heterocycles. The molecule has 2 aliphatic rings. The first-order valence-corrected chi connectivity index (χ1v) is 10.9. The van der Waals surface area contributed by atoms with Crippen molar-refractivity contribution >= 4 is 11.7 Å². The Balaban J connectivity index is 1.17. The molecule has 158 valence electrons. The predicted molar refractivity (Wildman–Crippen MR) is 119 cm³/mol. The highest BCUT2D eigenvalue weighted by atomic mass is 16.1. The maximum Gasteiger partial charge on any atom is 0.258 e. The van der Waals surface area contributed by atoms with E-state index in [1.807, 2.05) is 35.0 Å². The van der Waals surface area contributed by atoms with Crippen LogP contribution in [0.15, 0.2) is 61.2 Å². The van der Waals surface area contributed by atoms with E-state index in [1.54, 1.807) is 24.7 Å². The predicted octanol–water partition coefficient (Wildman–Crippen LogP) is 4.26. The van der Waals surface area contributed by atoms with Crippen LogP contribution in [-0.2, 0) is 0 Å². The van der Waals surface area contributed by atoms with E-state index in [0.717, 1.165) is 35.6 Å². The van der Waals surface area contributed by atoms with Crippen LogP contribution in [0, 0.1) is 0 Å². The molecule has 2 fully saturated rings. The third-order valence-corrected chi connectivity index (χ3v) is 5.84. The first-order chi connectivity index (χ1) is 15.7. The molecule has 8 nitrogen and oxygen atoms in total. The molecule has 2 aliphatic carbocycles. The molecule has 8 heteroatoms. The van der Waals surface area contributed by atoms with E-state index < -0.39 is 0 Å². The molecule has 2 saturated carbocycles. The molecule has 1 amide bonds. The van der Waals surface area contributed by atoms with Crippen LogP contribution >= 0.6 is 0 Å². The number of carbonyl (C=O) groups is 1. The van der Waals surface area contributed by atoms with Gasteiger partial charge in [-0.1, -0.05) is 6.07 Å². The molecule has 32 heavy (non-hydrogen) atoms. The van der Waals surface area contributed by atoms with Crippen LogP contribution in [0.5, 0.6) is 0 Å². The number of pyridine rings is 3. The number of nitrogens with zero attached hydrogens (tertiary/aromatic N) is 6. The smallest absolute Gasteiger partial charge is 0.258 e. The molecule has 6 rings (SSSR count). The van der Waals surface area contributed by atoms with Crippen LogP contribution in [0.3, 0.4) is 0 Å². The molecule has 0 aromatic carbocycles. The van der Waals surface area contributed by atoms with Gasteiger partial charge in [0.15, 0.2) is 5.82 Å². The summed E-state index contributed by atoms with van der Waals surface area (Å²) >= 11 is 0. The van der Waals surface area contributed by atoms with Crippen molar-refractivity contribution in [1.29, 1.82) is 0 Å². The summed E-state index contributed by atoms with van der Waals surface area (Å²) in [4.78, 5) is 26.3. The lowest BCUT2D eigenvalue weighted by Gasteiger charge is -2.08. The van der Waals surface area contributed by atoms with Gasteiger partial charge < -0.3 is 9.88 Å². The summed E-state index contributed by atoms with van der Waals surface area (Å²) in [6.07, 6.45) is 9.89. The number of rotatable bonds is 6. The van der Waals surface area contributed by atoms with Gasteiger partial charge in [-0.2, -0.15) is 0 Å². The van der Waals surface area contributed by atoms with Crippen molar-refractivity contribution in [2.24, 2.45) is 0 Å². The summed E-state index contributed by atoms with van der Waals surface area (Å²) in [7, 11) is 0. The van der Waals surface area contributed by atoms with Crippen LogP contribution in [0.4, 0.5) is 5.82 Å². The van der Waals surface area contributed by atoms with Gasteiger partial charge in [0.1, 0.15) is 17.8 Å². The first kappa shape index (κ1) is 18.8. The summed E-state index contributed by atoms with van der Waals surface area (Å²) < 4.78 is 2.04. The lowest BCUT2D eigenvalue weighted by atomic mass is 10.1. The van der Waals surface area contributed by atoms with Gasteiger partial charge in [-0.3, -0.25) is 14.8 Å². The third-order valence-electron chi connectivity index (χ3n) is 5.84. The second kappa shape index (κ2) is 7.64. The average molecular weight is 423 g/mol. The second-order valence-electron chi connectivity index (χ2n) is 8.33. The molecule has 4 aromatic rings. The molecule has 0 radical (unpaired) electrons. The highest BCUT2D eigenvalue weighted by Gasteiger charge is 2.27. The summed E-state index contributed by atoms with van der Waals surface area (Å²) in [5.74, 6) is 1.54. The van der Waals surface area contributed by atoms with Crippen molar-refractivity contribution in [3.63, 3.8) is 0 Å². The summed E-state index contributed by atoms with van der Waals surface area (Å²) in [6.45, 7) is 0. The lowest BCUT2D eigenvalue weighted by Crippen LogP contribution is -2.13. The van der Waals surface area contributed by atoms with Crippen molar-refractivity contribution in [3.05, 3.63) is 72.4 Å². The van der Waals surface area contributed by atoms with E-state index in [4.69, 9.17) is 0 Å². The van der Waals surface area contributed by atoms with Crippen LogP contribution < -0.4 is 5.32 Å². The normalized spacial score (nSPS) is 15.5. The van der Waals surface area contributed by atoms with E-state index in [-0.39, 0.29) is 5.91 Å². The number of hydrogen-bond donors (Lipinski definition) is 1. The number of aromatic nitrogens is 6. The highest BCUT2D eigenvalue weighted by molar-refractivity contribution is 6.03. The second-order valence-corrected chi connectivity index (χ2v) is 8.33. The molecular weight excluding hydrogens is 402 g/mol. The molecule has 0 bridgehead atoms. The minimum absolute atomic E-state index is 0.264. The fourth-order valence-electron chi connectivity index (χ4n) is 3.74. The monoisotopic (exact) mass is 423 g/mol. The molecule has 0 spiro atoms. The Kier molecular flexibility index (Phi) is 4.49. The maximum absolute atomic E-state index is 12.7. The van der Waals surface area contributed by atoms with Gasteiger partial charge in [0.2, 0.25) is 0 Å². The van der Waals surface area contributed by atoms with E-state index in [9.17, 15) is 4.79 Å². The first-order valence-electron chi connectivity index (χ1n) is 10.9. The Morgan fingerprint density at radius 1 is 0.938 bits per heavy atom. The molecule has 0 atom stereocenters. The molecule has 0 saturated heterocycles. The zero-order valence-corrected chi connectivity index (χ0v) is 17.3. The number of nitrogens with one attached hydrogen (secondary N) is 1. The molecule has 0 unspecified atom stereocenters. The number of amides is 1. The van der Waals surface area contributed by atoms with Crippen LogP contribution in [0.2, 0.25) is 0 Å². The zero-order chi connectivity index (χ0) is 21.5. The van der Waals surface area contributed by atoms with Crippen LogP contribution in [-0.4, -0.2) is 35.6 Å². The van der Waals surface area contributed by atoms with Gasteiger partial charge in [0.25, 0.3) is 5.91 Å². The molecule has 4 heterocycles. The van der Waals surface area contributed by atoms with Crippen molar-refractivity contribution in [2.75, 3.05) is 5.32 Å². The van der Waals surface area contributed by atoms with Gasteiger partial charge in [0.05, 0.1) is 11.3 Å². The van der Waals surface area contributed by atoms with E-state index in [1.165, 1.54) is 12.8 Å². The lowest BCUT2D eigenvalue weighted by molar-refractivity contribution is 0.102. The largest absolute Gasteiger partial charge is 0.309 e. The van der Waals surface area contributed by atoms with Crippen molar-refractivity contribution in [3.8, 4) is 22.8 Å². The standard InChI is InChI=1S/C24H21N7O/c32-24(17-7-11-20(26-13-17)16-6-10-19(25-12-16)15-4-5-15)29-22-3-1-2-21(28-22)23-30-27-14-31(23)18-8-9-18/h1-3,6-7,10-15,18H,4-5,8-9H2,(H,28,29,32). The Labute approximate surface area is 184 Å². The fourth-order valence-corrected chi connectivity index (χ4v) is 3.74. The number of hydrogen-bond acceptors (Lipinski definition) is 6. The molecular formula is C24H21N7O. The Morgan fingerprint density at radius 3 is 2.56 bits per heavy atom. The minimum Gasteiger partial charge on any atom is -0.309 e. The van der Waals surface area contributed by atoms with Crippen molar-refractivity contribution in [1.82, 2.24) is 29.7 Å². The van der Waals surface area contributed by atoms with Gasteiger partial charge in [-0.25, -0.2) is 4.98 Å². The average Bonchev–Trinajstić information content (AvgIpc) is 3.78.